The van der Waals surface area contributed by atoms with Gasteiger partial charge in [0.2, 0.25) is 0 Å². The lowest BCUT2D eigenvalue weighted by molar-refractivity contribution is 0.816. The van der Waals surface area contributed by atoms with Crippen molar-refractivity contribution in [3.8, 4) is 16.1 Å². The van der Waals surface area contributed by atoms with Crippen LogP contribution in [0.2, 0.25) is 0 Å². The number of para-hydroxylation sites is 1. The Labute approximate surface area is 165 Å². The molecule has 0 atom stereocenters. The molecule has 0 unspecified atom stereocenters. The van der Waals surface area contributed by atoms with E-state index in [0.29, 0.717) is 0 Å². The van der Waals surface area contributed by atoms with Gasteiger partial charge < -0.3 is 0 Å². The van der Waals surface area contributed by atoms with Gasteiger partial charge in [0, 0.05) is 4.88 Å². The van der Waals surface area contributed by atoms with E-state index in [2.05, 4.69) is 24.3 Å². The number of hydrogen-bond donors (Lipinski definition) is 0. The third-order valence-electron chi connectivity index (χ3n) is 5.24. The Morgan fingerprint density at radius 1 is 1.07 bits per heavy atom. The highest BCUT2D eigenvalue weighted by Crippen LogP contribution is 2.42. The van der Waals surface area contributed by atoms with Crippen molar-refractivity contribution in [2.24, 2.45) is 0 Å². The molecule has 4 aromatic rings. The summed E-state index contributed by atoms with van der Waals surface area (Å²) in [6.45, 7) is 2.04. The highest BCUT2D eigenvalue weighted by Gasteiger charge is 2.25. The quantitative estimate of drug-likeness (QED) is 0.347. The molecule has 0 bridgehead atoms. The molecule has 1 aliphatic carbocycles. The normalized spacial score (nSPS) is 12.8. The van der Waals surface area contributed by atoms with E-state index >= 15 is 0 Å². The van der Waals surface area contributed by atoms with Crippen LogP contribution in [-0.4, -0.2) is 15.8 Å². The molecule has 0 N–H and O–H groups in total. The van der Waals surface area contributed by atoms with E-state index in [0.717, 1.165) is 39.5 Å². The standard InChI is InChI=1S/C22H18N2OS2/c1-13-7-3-6-10-17(13)24-21(25)18-16-12-11-14-8-4-5-9-15(14)19(16)27-20(18)23-22(24)26-2/h3-10H,11-12H2,1-2H3. The molecule has 0 amide bonds. The van der Waals surface area contributed by atoms with E-state index in [9.17, 15) is 4.79 Å². The molecule has 27 heavy (non-hydrogen) atoms. The number of thiophene rings is 1. The highest BCUT2D eigenvalue weighted by atomic mass is 32.2. The third kappa shape index (κ3) is 2.49. The highest BCUT2D eigenvalue weighted by molar-refractivity contribution is 7.98. The van der Waals surface area contributed by atoms with Crippen LogP contribution in [-0.2, 0) is 12.8 Å². The fraction of sp³-hybridized carbons (Fsp3) is 0.182. The van der Waals surface area contributed by atoms with Crippen LogP contribution in [0, 0.1) is 6.92 Å². The minimum absolute atomic E-state index is 0.0514. The molecule has 0 aliphatic heterocycles. The molecule has 2 heterocycles. The summed E-state index contributed by atoms with van der Waals surface area (Å²) < 4.78 is 1.79. The third-order valence-corrected chi connectivity index (χ3v) is 7.04. The molecule has 0 radical (unpaired) electrons. The SMILES string of the molecule is CSc1nc2sc3c(c2c(=O)n1-c1ccccc1C)CCc1ccccc1-3. The Balaban J connectivity index is 1.87. The van der Waals surface area contributed by atoms with Gasteiger partial charge in [0.05, 0.1) is 11.1 Å². The van der Waals surface area contributed by atoms with Crippen LogP contribution in [0.1, 0.15) is 16.7 Å². The summed E-state index contributed by atoms with van der Waals surface area (Å²) >= 11 is 3.17. The number of hydrogen-bond acceptors (Lipinski definition) is 4. The van der Waals surface area contributed by atoms with Crippen LogP contribution < -0.4 is 5.56 Å². The first kappa shape index (κ1) is 16.8. The number of benzene rings is 2. The van der Waals surface area contributed by atoms with Crippen LogP contribution in [0.5, 0.6) is 0 Å². The van der Waals surface area contributed by atoms with Crippen LogP contribution >= 0.6 is 23.1 Å². The van der Waals surface area contributed by atoms with Gasteiger partial charge in [-0.25, -0.2) is 4.98 Å². The maximum absolute atomic E-state index is 13.6. The van der Waals surface area contributed by atoms with E-state index in [1.165, 1.54) is 33.3 Å². The first-order chi connectivity index (χ1) is 13.2. The second-order valence-corrected chi connectivity index (χ2v) is 8.55. The Morgan fingerprint density at radius 3 is 2.67 bits per heavy atom. The number of aromatic nitrogens is 2. The van der Waals surface area contributed by atoms with Crippen LogP contribution in [0.3, 0.4) is 0 Å². The molecule has 2 aromatic heterocycles. The number of rotatable bonds is 2. The van der Waals surface area contributed by atoms with Crippen molar-refractivity contribution in [2.45, 2.75) is 24.9 Å². The first-order valence-electron chi connectivity index (χ1n) is 8.95. The maximum Gasteiger partial charge on any atom is 0.267 e. The largest absolute Gasteiger partial charge is 0.268 e. The van der Waals surface area contributed by atoms with E-state index in [1.54, 1.807) is 15.9 Å². The molecule has 3 nitrogen and oxygen atoms in total. The predicted molar refractivity (Wildman–Crippen MR) is 115 cm³/mol. The summed E-state index contributed by atoms with van der Waals surface area (Å²) in [5.41, 5.74) is 5.83. The van der Waals surface area contributed by atoms with Gasteiger partial charge >= 0.3 is 0 Å². The van der Waals surface area contributed by atoms with Crippen molar-refractivity contribution in [1.82, 2.24) is 9.55 Å². The minimum Gasteiger partial charge on any atom is -0.268 e. The van der Waals surface area contributed by atoms with Gasteiger partial charge in [-0.2, -0.15) is 0 Å². The van der Waals surface area contributed by atoms with Gasteiger partial charge in [-0.15, -0.1) is 11.3 Å². The van der Waals surface area contributed by atoms with Gasteiger partial charge in [0.1, 0.15) is 4.83 Å². The molecule has 0 saturated heterocycles. The molecular formula is C22H18N2OS2. The van der Waals surface area contributed by atoms with E-state index in [-0.39, 0.29) is 5.56 Å². The zero-order chi connectivity index (χ0) is 18.5. The van der Waals surface area contributed by atoms with Crippen LogP contribution in [0.25, 0.3) is 26.3 Å². The molecule has 0 spiro atoms. The molecule has 0 saturated carbocycles. The molecule has 0 fully saturated rings. The van der Waals surface area contributed by atoms with Gasteiger partial charge in [-0.1, -0.05) is 54.2 Å². The Kier molecular flexibility index (Phi) is 3.95. The van der Waals surface area contributed by atoms with Crippen molar-refractivity contribution in [3.05, 3.63) is 75.6 Å². The van der Waals surface area contributed by atoms with Gasteiger partial charge in [-0.3, -0.25) is 9.36 Å². The zero-order valence-corrected chi connectivity index (χ0v) is 16.8. The van der Waals surface area contributed by atoms with Gasteiger partial charge in [0.15, 0.2) is 5.16 Å². The lowest BCUT2D eigenvalue weighted by atomic mass is 9.90. The first-order valence-corrected chi connectivity index (χ1v) is 11.0. The minimum atomic E-state index is 0.0514. The monoisotopic (exact) mass is 390 g/mol. The van der Waals surface area contributed by atoms with Crippen LogP contribution in [0.4, 0.5) is 0 Å². The molecule has 5 rings (SSSR count). The van der Waals surface area contributed by atoms with E-state index in [4.69, 9.17) is 4.98 Å². The molecular weight excluding hydrogens is 372 g/mol. The summed E-state index contributed by atoms with van der Waals surface area (Å²) in [5, 5.41) is 1.54. The predicted octanol–water partition coefficient (Wildman–Crippen LogP) is 5.24. The maximum atomic E-state index is 13.6. The summed E-state index contributed by atoms with van der Waals surface area (Å²) in [6, 6.07) is 16.5. The molecule has 134 valence electrons. The Morgan fingerprint density at radius 2 is 1.85 bits per heavy atom. The van der Waals surface area contributed by atoms with Crippen molar-refractivity contribution < 1.29 is 0 Å². The molecule has 5 heteroatoms. The lowest BCUT2D eigenvalue weighted by Gasteiger charge is -2.16. The van der Waals surface area contributed by atoms with Crippen molar-refractivity contribution in [2.75, 3.05) is 6.26 Å². The smallest absolute Gasteiger partial charge is 0.267 e. The Hall–Kier alpha value is -2.37. The molecule has 1 aliphatic rings. The second kappa shape index (κ2) is 6.36. The molecule has 2 aromatic carbocycles. The second-order valence-electron chi connectivity index (χ2n) is 6.77. The fourth-order valence-corrected chi connectivity index (χ4v) is 5.80. The van der Waals surface area contributed by atoms with E-state index in [1.807, 2.05) is 37.4 Å². The van der Waals surface area contributed by atoms with Gasteiger partial charge in [0.25, 0.3) is 5.56 Å². The number of nitrogens with zero attached hydrogens (tertiary/aromatic N) is 2. The van der Waals surface area contributed by atoms with Crippen molar-refractivity contribution in [3.63, 3.8) is 0 Å². The summed E-state index contributed by atoms with van der Waals surface area (Å²) in [6.07, 6.45) is 3.85. The number of aryl methyl sites for hydroxylation is 3. The summed E-state index contributed by atoms with van der Waals surface area (Å²) in [5.74, 6) is 0. The average Bonchev–Trinajstić information content (AvgIpc) is 3.08. The summed E-state index contributed by atoms with van der Waals surface area (Å²) in [7, 11) is 0. The number of thioether (sulfide) groups is 1. The van der Waals surface area contributed by atoms with Crippen molar-refractivity contribution in [1.29, 1.82) is 0 Å². The van der Waals surface area contributed by atoms with Gasteiger partial charge in [-0.05, 0) is 54.3 Å². The zero-order valence-electron chi connectivity index (χ0n) is 15.2. The lowest BCUT2D eigenvalue weighted by Crippen LogP contribution is -2.22. The van der Waals surface area contributed by atoms with Crippen molar-refractivity contribution >= 4 is 33.3 Å². The fourth-order valence-electron chi connectivity index (χ4n) is 3.93. The number of fused-ring (bicyclic) bond motifs is 5. The summed E-state index contributed by atoms with van der Waals surface area (Å²) in [4.78, 5) is 20.6. The van der Waals surface area contributed by atoms with E-state index < -0.39 is 0 Å². The Bertz CT molecular complexity index is 1250. The van der Waals surface area contributed by atoms with Crippen LogP contribution in [0.15, 0.2) is 58.5 Å². The topological polar surface area (TPSA) is 34.9 Å². The average molecular weight is 391 g/mol.